The third-order valence-electron chi connectivity index (χ3n) is 5.05. The Morgan fingerprint density at radius 1 is 1.09 bits per heavy atom. The van der Waals surface area contributed by atoms with Crippen LogP contribution in [-0.4, -0.2) is 40.8 Å². The van der Waals surface area contributed by atoms with Gasteiger partial charge in [0.2, 0.25) is 0 Å². The van der Waals surface area contributed by atoms with Gasteiger partial charge in [-0.2, -0.15) is 13.2 Å². The molecule has 0 spiro atoms. The zero-order valence-electron chi connectivity index (χ0n) is 17.0. The summed E-state index contributed by atoms with van der Waals surface area (Å²) in [6.07, 6.45) is -4.76. The van der Waals surface area contributed by atoms with Crippen LogP contribution >= 0.6 is 11.6 Å². The van der Waals surface area contributed by atoms with Crippen LogP contribution in [0.15, 0.2) is 35.2 Å². The summed E-state index contributed by atoms with van der Waals surface area (Å²) in [5.74, 6) is -1.45. The van der Waals surface area contributed by atoms with E-state index in [4.69, 9.17) is 21.1 Å². The molecule has 32 heavy (non-hydrogen) atoms. The largest absolute Gasteiger partial charge is 0.496 e. The number of nitrogens with one attached hydrogen (secondary N) is 2. The summed E-state index contributed by atoms with van der Waals surface area (Å²) >= 11 is 5.97. The molecule has 1 amide bonds. The van der Waals surface area contributed by atoms with Crippen molar-refractivity contribution in [1.29, 1.82) is 0 Å². The quantitative estimate of drug-likeness (QED) is 0.641. The number of sulfonamides is 1. The third kappa shape index (κ3) is 5.04. The van der Waals surface area contributed by atoms with Crippen LogP contribution in [0.1, 0.15) is 17.5 Å². The Labute approximate surface area is 187 Å². The minimum atomic E-state index is -5.00. The molecule has 2 aromatic rings. The second-order valence-corrected chi connectivity index (χ2v) is 9.17. The number of rotatable bonds is 6. The molecule has 0 saturated heterocycles. The predicted molar refractivity (Wildman–Crippen MR) is 112 cm³/mol. The maximum atomic E-state index is 13.2. The molecular formula is C20H20ClF3N2O5S. The highest BCUT2D eigenvalue weighted by molar-refractivity contribution is 7.92. The molecule has 3 rings (SSSR count). The Balaban J connectivity index is 1.96. The van der Waals surface area contributed by atoms with Gasteiger partial charge in [-0.05, 0) is 55.2 Å². The first-order chi connectivity index (χ1) is 15.0. The summed E-state index contributed by atoms with van der Waals surface area (Å²) in [4.78, 5) is 11.3. The zero-order valence-corrected chi connectivity index (χ0v) is 18.6. The molecule has 0 saturated carbocycles. The van der Waals surface area contributed by atoms with E-state index in [2.05, 4.69) is 4.72 Å². The number of alkyl halides is 3. The number of hydrogen-bond donors (Lipinski definition) is 2. The summed E-state index contributed by atoms with van der Waals surface area (Å²) in [7, 11) is -1.35. The van der Waals surface area contributed by atoms with Gasteiger partial charge < -0.3 is 14.8 Å². The van der Waals surface area contributed by atoms with Gasteiger partial charge in [0.1, 0.15) is 11.5 Å². The molecule has 0 heterocycles. The van der Waals surface area contributed by atoms with E-state index in [-0.39, 0.29) is 35.6 Å². The van der Waals surface area contributed by atoms with Crippen LogP contribution in [0.25, 0.3) is 0 Å². The highest BCUT2D eigenvalue weighted by Gasteiger charge is 2.40. The number of methoxy groups -OCH3 is 2. The van der Waals surface area contributed by atoms with Crippen molar-refractivity contribution in [3.63, 3.8) is 0 Å². The summed E-state index contributed by atoms with van der Waals surface area (Å²) in [5, 5.41) is 2.25. The second kappa shape index (κ2) is 9.07. The van der Waals surface area contributed by atoms with Gasteiger partial charge in [0.05, 0.1) is 24.8 Å². The molecule has 0 aromatic heterocycles. The van der Waals surface area contributed by atoms with Crippen LogP contribution in [0.3, 0.4) is 0 Å². The standard InChI is InChI=1S/C20H20ClF3N2O5S/c1-30-16-7-8-18(32(28,29)26-15-9-11(21)3-6-17(15)31-2)13-5-4-12(10-14(13)16)25-19(27)20(22,23)24/h3,6-9,12,26H,4-5,10H2,1-2H3,(H,25,27)/t12-/m0/s1. The minimum Gasteiger partial charge on any atom is -0.496 e. The van der Waals surface area contributed by atoms with Gasteiger partial charge in [0.25, 0.3) is 10.0 Å². The molecule has 2 N–H and O–H groups in total. The predicted octanol–water partition coefficient (Wildman–Crippen LogP) is 3.69. The van der Waals surface area contributed by atoms with Crippen LogP contribution in [0.2, 0.25) is 5.02 Å². The first-order valence-electron chi connectivity index (χ1n) is 9.39. The van der Waals surface area contributed by atoms with Gasteiger partial charge in [-0.15, -0.1) is 0 Å². The Morgan fingerprint density at radius 2 is 1.75 bits per heavy atom. The maximum Gasteiger partial charge on any atom is 0.471 e. The number of halogens is 4. The average Bonchev–Trinajstić information content (AvgIpc) is 2.72. The molecule has 0 unspecified atom stereocenters. The summed E-state index contributed by atoms with van der Waals surface area (Å²) < 4.78 is 77.1. The number of benzene rings is 2. The summed E-state index contributed by atoms with van der Waals surface area (Å²) in [6, 6.07) is 6.43. The van der Waals surface area contributed by atoms with Gasteiger partial charge >= 0.3 is 12.1 Å². The van der Waals surface area contributed by atoms with E-state index in [0.717, 1.165) is 0 Å². The lowest BCUT2D eigenvalue weighted by Crippen LogP contribution is -2.45. The molecule has 1 atom stereocenters. The first kappa shape index (κ1) is 24.0. The molecule has 1 aliphatic carbocycles. The Morgan fingerprint density at radius 3 is 2.38 bits per heavy atom. The fourth-order valence-electron chi connectivity index (χ4n) is 3.61. The lowest BCUT2D eigenvalue weighted by molar-refractivity contribution is -0.174. The second-order valence-electron chi connectivity index (χ2n) is 7.08. The molecule has 0 fully saturated rings. The first-order valence-corrected chi connectivity index (χ1v) is 11.2. The molecule has 174 valence electrons. The fraction of sp³-hybridized carbons (Fsp3) is 0.350. The van der Waals surface area contributed by atoms with Crippen LogP contribution < -0.4 is 19.5 Å². The molecule has 0 bridgehead atoms. The van der Waals surface area contributed by atoms with Gasteiger partial charge in [0.15, 0.2) is 0 Å². The lowest BCUT2D eigenvalue weighted by Gasteiger charge is -2.28. The number of hydrogen-bond acceptors (Lipinski definition) is 5. The number of anilines is 1. The van der Waals surface area contributed by atoms with Crippen molar-refractivity contribution < 1.29 is 35.9 Å². The zero-order chi connectivity index (χ0) is 23.7. The Kier molecular flexibility index (Phi) is 6.80. The number of ether oxygens (including phenoxy) is 2. The highest BCUT2D eigenvalue weighted by atomic mass is 35.5. The van der Waals surface area contributed by atoms with Crippen molar-refractivity contribution in [2.45, 2.75) is 36.4 Å². The average molecular weight is 493 g/mol. The maximum absolute atomic E-state index is 13.2. The lowest BCUT2D eigenvalue weighted by atomic mass is 9.87. The van der Waals surface area contributed by atoms with Crippen LogP contribution in [-0.2, 0) is 27.7 Å². The number of carbonyl (C=O) groups is 1. The molecule has 0 aliphatic heterocycles. The van der Waals surface area contributed by atoms with E-state index in [1.165, 1.54) is 38.5 Å². The number of amides is 1. The van der Waals surface area contributed by atoms with E-state index >= 15 is 0 Å². The normalized spacial score (nSPS) is 16.1. The van der Waals surface area contributed by atoms with Crippen molar-refractivity contribution in [2.75, 3.05) is 18.9 Å². The van der Waals surface area contributed by atoms with Crippen molar-refractivity contribution in [3.05, 3.63) is 46.5 Å². The van der Waals surface area contributed by atoms with E-state index in [0.29, 0.717) is 21.9 Å². The number of carbonyl (C=O) groups excluding carboxylic acids is 1. The smallest absolute Gasteiger partial charge is 0.471 e. The van der Waals surface area contributed by atoms with Crippen molar-refractivity contribution in [1.82, 2.24) is 5.32 Å². The van der Waals surface area contributed by atoms with Gasteiger partial charge in [-0.1, -0.05) is 11.6 Å². The molecule has 2 aromatic carbocycles. The van der Waals surface area contributed by atoms with E-state index in [1.807, 2.05) is 5.32 Å². The van der Waals surface area contributed by atoms with Crippen molar-refractivity contribution >= 4 is 33.2 Å². The topological polar surface area (TPSA) is 93.7 Å². The van der Waals surface area contributed by atoms with E-state index in [9.17, 15) is 26.4 Å². The summed E-state index contributed by atoms with van der Waals surface area (Å²) in [5.41, 5.74) is 0.971. The number of fused-ring (bicyclic) bond motifs is 1. The van der Waals surface area contributed by atoms with E-state index < -0.39 is 28.1 Å². The summed E-state index contributed by atoms with van der Waals surface area (Å²) in [6.45, 7) is 0. The molecule has 7 nitrogen and oxygen atoms in total. The molecule has 0 radical (unpaired) electrons. The Hall–Kier alpha value is -2.66. The van der Waals surface area contributed by atoms with E-state index in [1.54, 1.807) is 6.07 Å². The minimum absolute atomic E-state index is 0.00975. The van der Waals surface area contributed by atoms with Crippen LogP contribution in [0.4, 0.5) is 18.9 Å². The van der Waals surface area contributed by atoms with Crippen LogP contribution in [0.5, 0.6) is 11.5 Å². The third-order valence-corrected chi connectivity index (χ3v) is 6.73. The molecule has 1 aliphatic rings. The van der Waals surface area contributed by atoms with Crippen molar-refractivity contribution in [3.8, 4) is 11.5 Å². The SMILES string of the molecule is COc1ccc(Cl)cc1NS(=O)(=O)c1ccc(OC)c2c1CC[C@H](NC(=O)C(F)(F)F)C2. The highest BCUT2D eigenvalue weighted by Crippen LogP contribution is 2.36. The van der Waals surface area contributed by atoms with Gasteiger partial charge in [-0.25, -0.2) is 8.42 Å². The van der Waals surface area contributed by atoms with Crippen molar-refractivity contribution in [2.24, 2.45) is 0 Å². The van der Waals surface area contributed by atoms with Gasteiger partial charge in [0, 0.05) is 16.6 Å². The monoisotopic (exact) mass is 492 g/mol. The Bertz CT molecular complexity index is 1140. The fourth-order valence-corrected chi connectivity index (χ4v) is 5.14. The van der Waals surface area contributed by atoms with Crippen LogP contribution in [0, 0.1) is 0 Å². The molecular weight excluding hydrogens is 473 g/mol. The van der Waals surface area contributed by atoms with Gasteiger partial charge in [-0.3, -0.25) is 9.52 Å². The molecule has 12 heteroatoms.